The molecule has 0 bridgehead atoms. The lowest BCUT2D eigenvalue weighted by molar-refractivity contribution is 0.0996. The lowest BCUT2D eigenvalue weighted by Gasteiger charge is -2.11. The molecule has 4 rings (SSSR count). The second kappa shape index (κ2) is 5.41. The molecule has 1 aliphatic heterocycles. The van der Waals surface area contributed by atoms with Gasteiger partial charge in [-0.05, 0) is 19.1 Å². The van der Waals surface area contributed by atoms with Gasteiger partial charge in [0.1, 0.15) is 0 Å². The number of nitrogens with two attached hydrogens (primary N) is 1. The number of nitrogen functional groups attached to an aromatic ring is 1. The number of hydrogen-bond donors (Lipinski definition) is 1. The normalized spacial score (nSPS) is 13.4. The van der Waals surface area contributed by atoms with Gasteiger partial charge in [-0.2, -0.15) is 5.10 Å². The molecule has 0 saturated carbocycles. The van der Waals surface area contributed by atoms with E-state index in [0.717, 1.165) is 23.5 Å². The van der Waals surface area contributed by atoms with Crippen LogP contribution in [0.4, 0.5) is 11.6 Å². The van der Waals surface area contributed by atoms with Crippen LogP contribution in [0, 0.1) is 0 Å². The lowest BCUT2D eigenvalue weighted by atomic mass is 10.1. The molecule has 0 atom stereocenters. The number of aryl methyl sites for hydroxylation is 1. The maximum absolute atomic E-state index is 12.6. The van der Waals surface area contributed by atoms with Gasteiger partial charge in [0.25, 0.3) is 5.91 Å². The average Bonchev–Trinajstić information content (AvgIpc) is 3.20. The zero-order chi connectivity index (χ0) is 16.7. The molecule has 0 spiro atoms. The van der Waals surface area contributed by atoms with Crippen molar-refractivity contribution in [2.45, 2.75) is 20.0 Å². The van der Waals surface area contributed by atoms with Gasteiger partial charge in [-0.25, -0.2) is 15.0 Å². The third kappa shape index (κ3) is 2.28. The molecule has 0 unspecified atom stereocenters. The predicted molar refractivity (Wildman–Crippen MR) is 88.1 cm³/mol. The van der Waals surface area contributed by atoms with E-state index in [0.29, 0.717) is 17.8 Å². The predicted octanol–water partition coefficient (Wildman–Crippen LogP) is 1.50. The van der Waals surface area contributed by atoms with Crippen molar-refractivity contribution >= 4 is 17.5 Å². The van der Waals surface area contributed by atoms with E-state index >= 15 is 0 Å². The van der Waals surface area contributed by atoms with Gasteiger partial charge in [0.15, 0.2) is 0 Å². The van der Waals surface area contributed by atoms with Crippen molar-refractivity contribution in [1.29, 1.82) is 0 Å². The van der Waals surface area contributed by atoms with Crippen molar-refractivity contribution < 1.29 is 4.79 Å². The Hall–Kier alpha value is -3.29. The summed E-state index contributed by atoms with van der Waals surface area (Å²) in [4.78, 5) is 26.8. The Balaban J connectivity index is 1.67. The highest BCUT2D eigenvalue weighted by molar-refractivity contribution is 6.09. The molecular formula is C16H15N7O. The molecule has 0 saturated heterocycles. The number of pyridine rings is 1. The molecule has 1 aliphatic rings. The Morgan fingerprint density at radius 3 is 2.71 bits per heavy atom. The highest BCUT2D eigenvalue weighted by Gasteiger charge is 2.30. The SMILES string of the molecule is CCn1cc(N2Cc3nc(-c4cnc(N)nc4)ccc3C2=O)cn1. The van der Waals surface area contributed by atoms with E-state index in [1.807, 2.05) is 13.1 Å². The molecule has 1 amide bonds. The molecule has 120 valence electrons. The smallest absolute Gasteiger partial charge is 0.260 e. The number of hydrogen-bond acceptors (Lipinski definition) is 6. The van der Waals surface area contributed by atoms with Gasteiger partial charge in [-0.15, -0.1) is 0 Å². The van der Waals surface area contributed by atoms with E-state index in [2.05, 4.69) is 20.1 Å². The van der Waals surface area contributed by atoms with Crippen LogP contribution in [0.2, 0.25) is 0 Å². The van der Waals surface area contributed by atoms with Crippen LogP contribution in [-0.2, 0) is 13.1 Å². The molecule has 0 fully saturated rings. The van der Waals surface area contributed by atoms with Crippen LogP contribution in [0.3, 0.4) is 0 Å². The van der Waals surface area contributed by atoms with Gasteiger partial charge >= 0.3 is 0 Å². The summed E-state index contributed by atoms with van der Waals surface area (Å²) in [6, 6.07) is 3.59. The van der Waals surface area contributed by atoms with Crippen molar-refractivity contribution in [2.75, 3.05) is 10.6 Å². The number of rotatable bonds is 3. The van der Waals surface area contributed by atoms with Crippen LogP contribution in [0.5, 0.6) is 0 Å². The standard InChI is InChI=1S/C16H15N7O/c1-2-22-8-11(7-20-22)23-9-14-12(15(23)24)3-4-13(21-14)10-5-18-16(17)19-6-10/h3-8H,2,9H2,1H3,(H2,17,18,19). The monoisotopic (exact) mass is 321 g/mol. The molecule has 8 heteroatoms. The Morgan fingerprint density at radius 2 is 2.00 bits per heavy atom. The largest absolute Gasteiger partial charge is 0.368 e. The number of amides is 1. The maximum Gasteiger partial charge on any atom is 0.260 e. The minimum atomic E-state index is -0.0618. The second-order valence-corrected chi connectivity index (χ2v) is 5.47. The first-order chi connectivity index (χ1) is 11.7. The summed E-state index contributed by atoms with van der Waals surface area (Å²) in [5, 5.41) is 4.22. The van der Waals surface area contributed by atoms with Crippen molar-refractivity contribution in [3.8, 4) is 11.3 Å². The quantitative estimate of drug-likeness (QED) is 0.784. The topological polar surface area (TPSA) is 103 Å². The molecule has 0 aromatic carbocycles. The number of carbonyl (C=O) groups is 1. The molecule has 3 aromatic heterocycles. The Kier molecular flexibility index (Phi) is 3.23. The minimum Gasteiger partial charge on any atom is -0.368 e. The minimum absolute atomic E-state index is 0.0618. The highest BCUT2D eigenvalue weighted by Crippen LogP contribution is 2.28. The first-order valence-corrected chi connectivity index (χ1v) is 7.58. The van der Waals surface area contributed by atoms with Crippen LogP contribution < -0.4 is 10.6 Å². The lowest BCUT2D eigenvalue weighted by Crippen LogP contribution is -2.22. The Morgan fingerprint density at radius 1 is 1.21 bits per heavy atom. The van der Waals surface area contributed by atoms with E-state index in [-0.39, 0.29) is 11.9 Å². The summed E-state index contributed by atoms with van der Waals surface area (Å²) >= 11 is 0. The summed E-state index contributed by atoms with van der Waals surface area (Å²) in [5.74, 6) is 0.155. The fraction of sp³-hybridized carbons (Fsp3) is 0.188. The van der Waals surface area contributed by atoms with Crippen molar-refractivity contribution in [3.05, 3.63) is 48.2 Å². The van der Waals surface area contributed by atoms with Crippen LogP contribution >= 0.6 is 0 Å². The molecule has 4 heterocycles. The zero-order valence-corrected chi connectivity index (χ0v) is 13.0. The average molecular weight is 321 g/mol. The van der Waals surface area contributed by atoms with Crippen molar-refractivity contribution in [1.82, 2.24) is 24.7 Å². The summed E-state index contributed by atoms with van der Waals surface area (Å²) in [5.41, 5.74) is 9.10. The molecule has 3 aromatic rings. The fourth-order valence-corrected chi connectivity index (χ4v) is 2.69. The first-order valence-electron chi connectivity index (χ1n) is 7.58. The first kappa shape index (κ1) is 14.3. The van der Waals surface area contributed by atoms with Crippen molar-refractivity contribution in [2.24, 2.45) is 0 Å². The Labute approximate surface area is 138 Å². The third-order valence-electron chi connectivity index (χ3n) is 3.98. The van der Waals surface area contributed by atoms with E-state index in [1.165, 1.54) is 0 Å². The van der Waals surface area contributed by atoms with Gasteiger partial charge in [0.2, 0.25) is 5.95 Å². The van der Waals surface area contributed by atoms with Gasteiger partial charge in [-0.3, -0.25) is 14.4 Å². The summed E-state index contributed by atoms with van der Waals surface area (Å²) in [6.07, 6.45) is 6.80. The molecule has 8 nitrogen and oxygen atoms in total. The van der Waals surface area contributed by atoms with Crippen LogP contribution in [0.25, 0.3) is 11.3 Å². The molecule has 0 aliphatic carbocycles. The number of aromatic nitrogens is 5. The van der Waals surface area contributed by atoms with E-state index in [4.69, 9.17) is 5.73 Å². The van der Waals surface area contributed by atoms with Gasteiger partial charge in [0, 0.05) is 30.7 Å². The number of nitrogens with zero attached hydrogens (tertiary/aromatic N) is 6. The maximum atomic E-state index is 12.6. The number of carbonyl (C=O) groups excluding carboxylic acids is 1. The zero-order valence-electron chi connectivity index (χ0n) is 13.0. The third-order valence-corrected chi connectivity index (χ3v) is 3.98. The molecule has 24 heavy (non-hydrogen) atoms. The molecule has 0 radical (unpaired) electrons. The second-order valence-electron chi connectivity index (χ2n) is 5.47. The summed E-state index contributed by atoms with van der Waals surface area (Å²) in [7, 11) is 0. The van der Waals surface area contributed by atoms with Crippen molar-refractivity contribution in [3.63, 3.8) is 0 Å². The van der Waals surface area contributed by atoms with Crippen LogP contribution in [0.15, 0.2) is 36.9 Å². The number of fused-ring (bicyclic) bond motifs is 1. The van der Waals surface area contributed by atoms with E-state index in [1.54, 1.807) is 40.3 Å². The van der Waals surface area contributed by atoms with Crippen LogP contribution in [-0.4, -0.2) is 30.6 Å². The van der Waals surface area contributed by atoms with Gasteiger partial charge in [-0.1, -0.05) is 0 Å². The Bertz CT molecular complexity index is 916. The highest BCUT2D eigenvalue weighted by atomic mass is 16.2. The number of anilines is 2. The fourth-order valence-electron chi connectivity index (χ4n) is 2.69. The van der Waals surface area contributed by atoms with Crippen LogP contribution in [0.1, 0.15) is 23.0 Å². The van der Waals surface area contributed by atoms with E-state index in [9.17, 15) is 4.79 Å². The molecular weight excluding hydrogens is 306 g/mol. The van der Waals surface area contributed by atoms with Gasteiger partial charge in [0.05, 0.1) is 35.4 Å². The summed E-state index contributed by atoms with van der Waals surface area (Å²) < 4.78 is 1.79. The molecule has 2 N–H and O–H groups in total. The summed E-state index contributed by atoms with van der Waals surface area (Å²) in [6.45, 7) is 3.18. The van der Waals surface area contributed by atoms with E-state index < -0.39 is 0 Å². The van der Waals surface area contributed by atoms with Gasteiger partial charge < -0.3 is 5.73 Å².